The van der Waals surface area contributed by atoms with Crippen molar-refractivity contribution in [2.75, 3.05) is 27.1 Å². The molecule has 1 aliphatic heterocycles. The fourth-order valence-electron chi connectivity index (χ4n) is 2.20. The molecule has 0 saturated heterocycles. The van der Waals surface area contributed by atoms with Crippen molar-refractivity contribution < 1.29 is 14.2 Å². The van der Waals surface area contributed by atoms with Gasteiger partial charge in [0.15, 0.2) is 11.5 Å². The topological polar surface area (TPSA) is 39.7 Å². The number of benzene rings is 1. The van der Waals surface area contributed by atoms with Crippen LogP contribution in [0.15, 0.2) is 18.2 Å². The van der Waals surface area contributed by atoms with E-state index in [1.54, 1.807) is 7.11 Å². The quantitative estimate of drug-likeness (QED) is 0.832. The maximum atomic E-state index is 5.42. The third-order valence-corrected chi connectivity index (χ3v) is 3.77. The van der Waals surface area contributed by atoms with Gasteiger partial charge >= 0.3 is 0 Å². The van der Waals surface area contributed by atoms with Gasteiger partial charge in [-0.3, -0.25) is 0 Å². The molecule has 0 aromatic heterocycles. The van der Waals surface area contributed by atoms with E-state index in [0.717, 1.165) is 31.1 Å². The van der Waals surface area contributed by atoms with Gasteiger partial charge < -0.3 is 19.5 Å². The summed E-state index contributed by atoms with van der Waals surface area (Å²) >= 11 is 0. The van der Waals surface area contributed by atoms with Gasteiger partial charge in [-0.25, -0.2) is 0 Å². The number of hydrogen-bond acceptors (Lipinski definition) is 4. The standard InChI is InChI=1S/C16H25NO3/c1-12(17-10-16(2,3)7-8-18-4)13-5-6-14-15(9-13)20-11-19-14/h5-6,9,12,17H,7-8,10-11H2,1-4H3. The van der Waals surface area contributed by atoms with Crippen molar-refractivity contribution in [2.45, 2.75) is 33.2 Å². The zero-order valence-electron chi connectivity index (χ0n) is 12.9. The van der Waals surface area contributed by atoms with Gasteiger partial charge in [-0.1, -0.05) is 19.9 Å². The van der Waals surface area contributed by atoms with Crippen LogP contribution in [0.2, 0.25) is 0 Å². The Kier molecular flexibility index (Phi) is 4.89. The molecule has 0 radical (unpaired) electrons. The van der Waals surface area contributed by atoms with Crippen molar-refractivity contribution in [3.05, 3.63) is 23.8 Å². The van der Waals surface area contributed by atoms with E-state index in [9.17, 15) is 0 Å². The first-order valence-electron chi connectivity index (χ1n) is 7.14. The Bertz CT molecular complexity index is 445. The molecule has 4 heteroatoms. The Labute approximate surface area is 121 Å². The molecule has 0 aliphatic carbocycles. The Morgan fingerprint density at radius 2 is 2.05 bits per heavy atom. The first-order valence-corrected chi connectivity index (χ1v) is 7.14. The van der Waals surface area contributed by atoms with Crippen LogP contribution in [0.4, 0.5) is 0 Å². The van der Waals surface area contributed by atoms with Gasteiger partial charge in [0, 0.05) is 26.3 Å². The summed E-state index contributed by atoms with van der Waals surface area (Å²) in [4.78, 5) is 0. The van der Waals surface area contributed by atoms with Crippen LogP contribution in [-0.2, 0) is 4.74 Å². The summed E-state index contributed by atoms with van der Waals surface area (Å²) in [5, 5.41) is 3.59. The van der Waals surface area contributed by atoms with Gasteiger partial charge in [-0.15, -0.1) is 0 Å². The molecule has 1 aliphatic rings. The molecule has 20 heavy (non-hydrogen) atoms. The molecule has 0 saturated carbocycles. The third-order valence-electron chi connectivity index (χ3n) is 3.77. The van der Waals surface area contributed by atoms with Gasteiger partial charge in [-0.2, -0.15) is 0 Å². The van der Waals surface area contributed by atoms with Crippen LogP contribution in [0.1, 0.15) is 38.8 Å². The van der Waals surface area contributed by atoms with E-state index >= 15 is 0 Å². The molecule has 2 rings (SSSR count). The first-order chi connectivity index (χ1) is 9.52. The van der Waals surface area contributed by atoms with Crippen molar-refractivity contribution >= 4 is 0 Å². The highest BCUT2D eigenvalue weighted by Gasteiger charge is 2.20. The van der Waals surface area contributed by atoms with Crippen LogP contribution < -0.4 is 14.8 Å². The lowest BCUT2D eigenvalue weighted by Crippen LogP contribution is -2.32. The Hall–Kier alpha value is -1.26. The number of fused-ring (bicyclic) bond motifs is 1. The van der Waals surface area contributed by atoms with Crippen LogP contribution in [0.3, 0.4) is 0 Å². The van der Waals surface area contributed by atoms with E-state index in [1.165, 1.54) is 5.56 Å². The number of nitrogens with one attached hydrogen (secondary N) is 1. The van der Waals surface area contributed by atoms with E-state index < -0.39 is 0 Å². The van der Waals surface area contributed by atoms with Crippen LogP contribution in [-0.4, -0.2) is 27.1 Å². The molecule has 1 aromatic rings. The predicted molar refractivity (Wildman–Crippen MR) is 79.3 cm³/mol. The van der Waals surface area contributed by atoms with Crippen molar-refractivity contribution in [2.24, 2.45) is 5.41 Å². The summed E-state index contributed by atoms with van der Waals surface area (Å²) < 4.78 is 15.9. The Morgan fingerprint density at radius 3 is 2.80 bits per heavy atom. The maximum absolute atomic E-state index is 5.42. The lowest BCUT2D eigenvalue weighted by molar-refractivity contribution is 0.149. The second-order valence-corrected chi connectivity index (χ2v) is 6.12. The molecule has 4 nitrogen and oxygen atoms in total. The smallest absolute Gasteiger partial charge is 0.231 e. The van der Waals surface area contributed by atoms with Crippen LogP contribution >= 0.6 is 0 Å². The van der Waals surface area contributed by atoms with E-state index in [-0.39, 0.29) is 11.5 Å². The summed E-state index contributed by atoms with van der Waals surface area (Å²) in [7, 11) is 1.75. The third kappa shape index (κ3) is 3.87. The summed E-state index contributed by atoms with van der Waals surface area (Å²) in [6, 6.07) is 6.41. The van der Waals surface area contributed by atoms with Gasteiger partial charge in [0.05, 0.1) is 0 Å². The molecular formula is C16H25NO3. The predicted octanol–water partition coefficient (Wildman–Crippen LogP) is 3.13. The molecule has 112 valence electrons. The molecule has 1 N–H and O–H groups in total. The molecule has 0 bridgehead atoms. The Morgan fingerprint density at radius 1 is 1.30 bits per heavy atom. The second kappa shape index (κ2) is 6.46. The highest BCUT2D eigenvalue weighted by atomic mass is 16.7. The van der Waals surface area contributed by atoms with Gasteiger partial charge in [-0.05, 0) is 36.5 Å². The molecule has 1 heterocycles. The number of rotatable bonds is 7. The molecular weight excluding hydrogens is 254 g/mol. The number of methoxy groups -OCH3 is 1. The summed E-state index contributed by atoms with van der Waals surface area (Å²) in [5.74, 6) is 1.68. The lowest BCUT2D eigenvalue weighted by Gasteiger charge is -2.27. The molecule has 1 atom stereocenters. The van der Waals surface area contributed by atoms with Crippen molar-refractivity contribution in [1.29, 1.82) is 0 Å². The van der Waals surface area contributed by atoms with Gasteiger partial charge in [0.1, 0.15) is 0 Å². The zero-order chi connectivity index (χ0) is 14.6. The average molecular weight is 279 g/mol. The minimum atomic E-state index is 0.223. The minimum Gasteiger partial charge on any atom is -0.454 e. The highest BCUT2D eigenvalue weighted by Crippen LogP contribution is 2.34. The first kappa shape index (κ1) is 15.1. The molecule has 1 unspecified atom stereocenters. The summed E-state index contributed by atoms with van der Waals surface area (Å²) in [6.07, 6.45) is 1.05. The SMILES string of the molecule is COCCC(C)(C)CNC(C)c1ccc2c(c1)OCO2. The van der Waals surface area contributed by atoms with Crippen molar-refractivity contribution in [1.82, 2.24) is 5.32 Å². The monoisotopic (exact) mass is 279 g/mol. The van der Waals surface area contributed by atoms with E-state index in [0.29, 0.717) is 6.79 Å². The van der Waals surface area contributed by atoms with Crippen LogP contribution in [0, 0.1) is 5.41 Å². The highest BCUT2D eigenvalue weighted by molar-refractivity contribution is 5.45. The number of hydrogen-bond donors (Lipinski definition) is 1. The van der Waals surface area contributed by atoms with Crippen molar-refractivity contribution in [3.8, 4) is 11.5 Å². The van der Waals surface area contributed by atoms with Gasteiger partial charge in [0.25, 0.3) is 0 Å². The minimum absolute atomic E-state index is 0.223. The van der Waals surface area contributed by atoms with E-state index in [4.69, 9.17) is 14.2 Å². The number of ether oxygens (including phenoxy) is 3. The van der Waals surface area contributed by atoms with E-state index in [1.807, 2.05) is 6.07 Å². The molecule has 1 aromatic carbocycles. The van der Waals surface area contributed by atoms with Gasteiger partial charge in [0.2, 0.25) is 6.79 Å². The fourth-order valence-corrected chi connectivity index (χ4v) is 2.20. The average Bonchev–Trinajstić information content (AvgIpc) is 2.90. The van der Waals surface area contributed by atoms with Crippen LogP contribution in [0.25, 0.3) is 0 Å². The molecule has 0 amide bonds. The zero-order valence-corrected chi connectivity index (χ0v) is 12.9. The summed E-state index contributed by atoms with van der Waals surface area (Å²) in [6.45, 7) is 8.75. The van der Waals surface area contributed by atoms with Crippen LogP contribution in [0.5, 0.6) is 11.5 Å². The normalized spacial score (nSPS) is 15.4. The maximum Gasteiger partial charge on any atom is 0.231 e. The van der Waals surface area contributed by atoms with Crippen molar-refractivity contribution in [3.63, 3.8) is 0 Å². The van der Waals surface area contributed by atoms with E-state index in [2.05, 4.69) is 38.2 Å². The molecule has 0 fully saturated rings. The largest absolute Gasteiger partial charge is 0.454 e. The lowest BCUT2D eigenvalue weighted by atomic mass is 9.89. The summed E-state index contributed by atoms with van der Waals surface area (Å²) in [5.41, 5.74) is 1.44. The second-order valence-electron chi connectivity index (χ2n) is 6.12. The fraction of sp³-hybridized carbons (Fsp3) is 0.625. The Balaban J connectivity index is 1.90. The molecule has 0 spiro atoms.